The Hall–Kier alpha value is -1.81. The number of carbonyl (C=O) groups is 1. The van der Waals surface area contributed by atoms with E-state index in [-0.39, 0.29) is 5.91 Å². The van der Waals surface area contributed by atoms with Crippen molar-refractivity contribution in [3.05, 3.63) is 52.1 Å². The SMILES string of the molecule is Cn1c(CNC(=O)c2cccc(Cl)c2)nc2c1CCCC2. The Morgan fingerprint density at radius 1 is 1.38 bits per heavy atom. The highest BCUT2D eigenvalue weighted by Gasteiger charge is 2.18. The average Bonchev–Trinajstić information content (AvgIpc) is 2.82. The van der Waals surface area contributed by atoms with Crippen molar-refractivity contribution in [2.24, 2.45) is 7.05 Å². The molecule has 0 atom stereocenters. The molecule has 21 heavy (non-hydrogen) atoms. The molecule has 1 aliphatic rings. The van der Waals surface area contributed by atoms with Gasteiger partial charge in [0.05, 0.1) is 12.2 Å². The van der Waals surface area contributed by atoms with Crippen molar-refractivity contribution in [1.82, 2.24) is 14.9 Å². The summed E-state index contributed by atoms with van der Waals surface area (Å²) in [5.41, 5.74) is 3.07. The Morgan fingerprint density at radius 3 is 2.95 bits per heavy atom. The van der Waals surface area contributed by atoms with Gasteiger partial charge in [-0.05, 0) is 43.9 Å². The molecule has 0 unspecified atom stereocenters. The normalized spacial score (nSPS) is 13.8. The number of rotatable bonds is 3. The molecule has 4 nitrogen and oxygen atoms in total. The molecule has 3 rings (SSSR count). The van der Waals surface area contributed by atoms with Crippen LogP contribution in [0, 0.1) is 0 Å². The van der Waals surface area contributed by atoms with Gasteiger partial charge >= 0.3 is 0 Å². The number of fused-ring (bicyclic) bond motifs is 1. The number of hydrogen-bond acceptors (Lipinski definition) is 2. The fourth-order valence-electron chi connectivity index (χ4n) is 2.79. The van der Waals surface area contributed by atoms with E-state index >= 15 is 0 Å². The minimum Gasteiger partial charge on any atom is -0.345 e. The monoisotopic (exact) mass is 303 g/mol. The van der Waals surface area contributed by atoms with Crippen molar-refractivity contribution in [1.29, 1.82) is 0 Å². The molecule has 0 spiro atoms. The van der Waals surface area contributed by atoms with E-state index in [0.717, 1.165) is 18.7 Å². The summed E-state index contributed by atoms with van der Waals surface area (Å²) in [6.07, 6.45) is 4.56. The van der Waals surface area contributed by atoms with Crippen LogP contribution in [-0.4, -0.2) is 15.5 Å². The molecule has 1 aromatic carbocycles. The molecule has 1 amide bonds. The first-order valence-corrected chi connectivity index (χ1v) is 7.60. The molecule has 1 heterocycles. The summed E-state index contributed by atoms with van der Waals surface area (Å²) in [6.45, 7) is 0.439. The van der Waals surface area contributed by atoms with Crippen LogP contribution >= 0.6 is 11.6 Å². The van der Waals surface area contributed by atoms with Crippen molar-refractivity contribution in [3.8, 4) is 0 Å². The Labute approximate surface area is 129 Å². The summed E-state index contributed by atoms with van der Waals surface area (Å²) < 4.78 is 2.12. The molecule has 2 aromatic rings. The number of hydrogen-bond donors (Lipinski definition) is 1. The first-order chi connectivity index (χ1) is 10.1. The van der Waals surface area contributed by atoms with Gasteiger partial charge in [0, 0.05) is 23.3 Å². The number of benzene rings is 1. The highest BCUT2D eigenvalue weighted by Crippen LogP contribution is 2.21. The molecule has 1 N–H and O–H groups in total. The van der Waals surface area contributed by atoms with Crippen molar-refractivity contribution >= 4 is 17.5 Å². The number of amides is 1. The molecule has 0 saturated carbocycles. The molecule has 5 heteroatoms. The highest BCUT2D eigenvalue weighted by molar-refractivity contribution is 6.30. The number of aryl methyl sites for hydroxylation is 1. The molecule has 110 valence electrons. The summed E-state index contributed by atoms with van der Waals surface area (Å²) in [6, 6.07) is 6.95. The highest BCUT2D eigenvalue weighted by atomic mass is 35.5. The van der Waals surface area contributed by atoms with Crippen LogP contribution in [-0.2, 0) is 26.4 Å². The number of aromatic nitrogens is 2. The van der Waals surface area contributed by atoms with Crippen LogP contribution in [0.5, 0.6) is 0 Å². The minimum absolute atomic E-state index is 0.126. The topological polar surface area (TPSA) is 46.9 Å². The van der Waals surface area contributed by atoms with Crippen LogP contribution in [0.15, 0.2) is 24.3 Å². The molecular weight excluding hydrogens is 286 g/mol. The van der Waals surface area contributed by atoms with Crippen molar-refractivity contribution in [2.45, 2.75) is 32.2 Å². The maximum Gasteiger partial charge on any atom is 0.251 e. The summed E-state index contributed by atoms with van der Waals surface area (Å²) in [4.78, 5) is 16.8. The second-order valence-corrected chi connectivity index (χ2v) is 5.82. The molecular formula is C16H18ClN3O. The van der Waals surface area contributed by atoms with Gasteiger partial charge in [0.25, 0.3) is 5.91 Å². The van der Waals surface area contributed by atoms with Crippen LogP contribution < -0.4 is 5.32 Å². The summed E-state index contributed by atoms with van der Waals surface area (Å²) in [5.74, 6) is 0.788. The van der Waals surface area contributed by atoms with Crippen LogP contribution in [0.2, 0.25) is 5.02 Å². The van der Waals surface area contributed by atoms with Gasteiger partial charge < -0.3 is 9.88 Å². The lowest BCUT2D eigenvalue weighted by Crippen LogP contribution is -2.24. The summed E-state index contributed by atoms with van der Waals surface area (Å²) in [5, 5.41) is 3.48. The lowest BCUT2D eigenvalue weighted by Gasteiger charge is -2.11. The van der Waals surface area contributed by atoms with E-state index in [0.29, 0.717) is 17.1 Å². The predicted molar refractivity (Wildman–Crippen MR) is 82.5 cm³/mol. The Kier molecular flexibility index (Phi) is 3.97. The lowest BCUT2D eigenvalue weighted by molar-refractivity contribution is 0.0949. The number of carbonyl (C=O) groups excluding carboxylic acids is 1. The minimum atomic E-state index is -0.126. The van der Waals surface area contributed by atoms with E-state index in [9.17, 15) is 4.79 Å². The van der Waals surface area contributed by atoms with Crippen LogP contribution in [0.1, 0.15) is 40.4 Å². The fraction of sp³-hybridized carbons (Fsp3) is 0.375. The molecule has 0 fully saturated rings. The maximum atomic E-state index is 12.1. The van der Waals surface area contributed by atoms with Gasteiger partial charge in [-0.25, -0.2) is 4.98 Å². The Balaban J connectivity index is 1.70. The van der Waals surface area contributed by atoms with Gasteiger partial charge in [0.15, 0.2) is 0 Å². The smallest absolute Gasteiger partial charge is 0.251 e. The predicted octanol–water partition coefficient (Wildman–Crippen LogP) is 2.88. The molecule has 0 bridgehead atoms. The third-order valence-electron chi connectivity index (χ3n) is 3.96. The van der Waals surface area contributed by atoms with E-state index in [1.165, 1.54) is 24.2 Å². The molecule has 1 aromatic heterocycles. The van der Waals surface area contributed by atoms with Gasteiger partial charge in [-0.1, -0.05) is 17.7 Å². The van der Waals surface area contributed by atoms with E-state index in [1.54, 1.807) is 24.3 Å². The second kappa shape index (κ2) is 5.90. The summed E-state index contributed by atoms with van der Waals surface area (Å²) in [7, 11) is 2.03. The van der Waals surface area contributed by atoms with Gasteiger partial charge in [-0.15, -0.1) is 0 Å². The molecule has 1 aliphatic carbocycles. The number of imidazole rings is 1. The quantitative estimate of drug-likeness (QED) is 0.948. The van der Waals surface area contributed by atoms with Gasteiger partial charge in [-0.2, -0.15) is 0 Å². The number of halogens is 1. The summed E-state index contributed by atoms with van der Waals surface area (Å²) >= 11 is 5.90. The zero-order chi connectivity index (χ0) is 14.8. The van der Waals surface area contributed by atoms with Crippen molar-refractivity contribution in [3.63, 3.8) is 0 Å². The maximum absolute atomic E-state index is 12.1. The van der Waals surface area contributed by atoms with Crippen LogP contribution in [0.25, 0.3) is 0 Å². The first kappa shape index (κ1) is 14.1. The van der Waals surface area contributed by atoms with Crippen LogP contribution in [0.3, 0.4) is 0 Å². The van der Waals surface area contributed by atoms with Crippen LogP contribution in [0.4, 0.5) is 0 Å². The molecule has 0 radical (unpaired) electrons. The Morgan fingerprint density at radius 2 is 2.19 bits per heavy atom. The third kappa shape index (κ3) is 2.95. The molecule has 0 saturated heterocycles. The third-order valence-corrected chi connectivity index (χ3v) is 4.20. The number of nitrogens with zero attached hydrogens (tertiary/aromatic N) is 2. The van der Waals surface area contributed by atoms with Gasteiger partial charge in [0.1, 0.15) is 5.82 Å². The first-order valence-electron chi connectivity index (χ1n) is 7.22. The van der Waals surface area contributed by atoms with Gasteiger partial charge in [0.2, 0.25) is 0 Å². The zero-order valence-corrected chi connectivity index (χ0v) is 12.8. The van der Waals surface area contributed by atoms with Crippen molar-refractivity contribution < 1.29 is 4.79 Å². The average molecular weight is 304 g/mol. The van der Waals surface area contributed by atoms with E-state index in [4.69, 9.17) is 11.6 Å². The number of nitrogens with one attached hydrogen (secondary N) is 1. The van der Waals surface area contributed by atoms with Crippen molar-refractivity contribution in [2.75, 3.05) is 0 Å². The van der Waals surface area contributed by atoms with E-state index in [1.807, 2.05) is 7.05 Å². The Bertz CT molecular complexity index is 678. The standard InChI is InChI=1S/C16H18ClN3O/c1-20-14-8-3-2-7-13(14)19-15(20)10-18-16(21)11-5-4-6-12(17)9-11/h4-6,9H,2-3,7-8,10H2,1H3,(H,18,21). The fourth-order valence-corrected chi connectivity index (χ4v) is 2.98. The van der Waals surface area contributed by atoms with Gasteiger partial charge in [-0.3, -0.25) is 4.79 Å². The lowest BCUT2D eigenvalue weighted by atomic mass is 10.0. The van der Waals surface area contributed by atoms with E-state index in [2.05, 4.69) is 14.9 Å². The zero-order valence-electron chi connectivity index (χ0n) is 12.0. The second-order valence-electron chi connectivity index (χ2n) is 5.38. The molecule has 0 aliphatic heterocycles. The largest absolute Gasteiger partial charge is 0.345 e. The van der Waals surface area contributed by atoms with E-state index < -0.39 is 0 Å².